The van der Waals surface area contributed by atoms with E-state index in [0.29, 0.717) is 12.2 Å². The lowest BCUT2D eigenvalue weighted by Crippen LogP contribution is -2.58. The second-order valence-corrected chi connectivity index (χ2v) is 8.81. The predicted molar refractivity (Wildman–Crippen MR) is 121 cm³/mol. The minimum Gasteiger partial charge on any atom is -0.507 e. The predicted octanol–water partition coefficient (Wildman–Crippen LogP) is 3.98. The van der Waals surface area contributed by atoms with E-state index in [1.54, 1.807) is 18.9 Å². The number of aromatic hydroxyl groups is 1. The monoisotopic (exact) mass is 495 g/mol. The van der Waals surface area contributed by atoms with Crippen molar-refractivity contribution in [2.45, 2.75) is 64.1 Å². The molecule has 35 heavy (non-hydrogen) atoms. The zero-order valence-electron chi connectivity index (χ0n) is 19.5. The van der Waals surface area contributed by atoms with Crippen LogP contribution < -0.4 is 15.6 Å². The number of piperidine rings is 1. The molecule has 0 amide bonds. The lowest BCUT2D eigenvalue weighted by Gasteiger charge is -2.41. The van der Waals surface area contributed by atoms with E-state index in [0.717, 1.165) is 25.5 Å². The normalized spacial score (nSPS) is 23.0. The van der Waals surface area contributed by atoms with Crippen molar-refractivity contribution in [3.63, 3.8) is 0 Å². The third-order valence-electron chi connectivity index (χ3n) is 6.51. The molecule has 1 saturated heterocycles. The number of hydrogen-bond donors (Lipinski definition) is 2. The minimum atomic E-state index is -4.86. The lowest BCUT2D eigenvalue weighted by molar-refractivity contribution is -0.153. The molecule has 0 saturated carbocycles. The van der Waals surface area contributed by atoms with Crippen LogP contribution >= 0.6 is 0 Å². The fourth-order valence-corrected chi connectivity index (χ4v) is 4.44. The van der Waals surface area contributed by atoms with Crippen LogP contribution in [0.4, 0.5) is 23.4 Å². The summed E-state index contributed by atoms with van der Waals surface area (Å²) in [6.45, 7) is 4.81. The van der Waals surface area contributed by atoms with Crippen molar-refractivity contribution in [1.82, 2.24) is 20.5 Å². The largest absolute Gasteiger partial charge is 0.507 e. The van der Waals surface area contributed by atoms with Crippen molar-refractivity contribution in [3.8, 4) is 17.1 Å². The average Bonchev–Trinajstić information content (AvgIpc) is 2.82. The summed E-state index contributed by atoms with van der Waals surface area (Å²) in [6, 6.07) is 1.45. The highest BCUT2D eigenvalue weighted by molar-refractivity contribution is 5.85. The molecule has 188 valence electrons. The van der Waals surface area contributed by atoms with E-state index >= 15 is 0 Å². The summed E-state index contributed by atoms with van der Waals surface area (Å²) in [5.74, 6) is -1.63. The standard InChI is InChI=1S/C23H25F4N5O3/c1-5-12-6-15(19(24)11(3)29-12)32(4)18-9-28-22(31-30-18)13-8-17-14(7-16(13)33)20(34)10(2)21(35-17)23(25,26)27/h7-9,11-12,15,19,29,33H,5-6H2,1-4H3/t11?,12?,15-,19+/m1/s1. The maximum atomic E-state index is 14.9. The van der Waals surface area contributed by atoms with Crippen molar-refractivity contribution in [2.75, 3.05) is 11.9 Å². The van der Waals surface area contributed by atoms with Crippen molar-refractivity contribution < 1.29 is 27.1 Å². The molecule has 3 heterocycles. The fourth-order valence-electron chi connectivity index (χ4n) is 4.44. The summed E-state index contributed by atoms with van der Waals surface area (Å²) in [5, 5.41) is 21.5. The molecule has 0 bridgehead atoms. The zero-order valence-corrected chi connectivity index (χ0v) is 19.5. The quantitative estimate of drug-likeness (QED) is 0.524. The van der Waals surface area contributed by atoms with Crippen molar-refractivity contribution in [3.05, 3.63) is 39.9 Å². The number of nitrogens with zero attached hydrogens (tertiary/aromatic N) is 4. The molecule has 2 N–H and O–H groups in total. The third kappa shape index (κ3) is 4.54. The number of benzene rings is 1. The van der Waals surface area contributed by atoms with E-state index in [9.17, 15) is 27.5 Å². The number of anilines is 1. The Kier molecular flexibility index (Phi) is 6.43. The molecule has 1 aliphatic rings. The number of halogens is 4. The van der Waals surface area contributed by atoms with E-state index in [2.05, 4.69) is 20.5 Å². The van der Waals surface area contributed by atoms with Gasteiger partial charge in [0.05, 0.1) is 23.2 Å². The maximum Gasteiger partial charge on any atom is 0.449 e. The first-order valence-electron chi connectivity index (χ1n) is 11.1. The first-order valence-corrected chi connectivity index (χ1v) is 11.1. The lowest BCUT2D eigenvalue weighted by atomic mass is 9.90. The van der Waals surface area contributed by atoms with Crippen molar-refractivity contribution >= 4 is 16.8 Å². The SMILES string of the molecule is CCC1C[C@@H](N(C)c2cnc(-c3cc4oc(C(F)(F)F)c(C)c(=O)c4cc3O)nn2)[C@@H](F)C(C)N1. The maximum absolute atomic E-state index is 14.9. The Morgan fingerprint density at radius 3 is 2.60 bits per heavy atom. The van der Waals surface area contributed by atoms with Gasteiger partial charge < -0.3 is 19.7 Å². The van der Waals surface area contributed by atoms with Gasteiger partial charge in [0.2, 0.25) is 5.76 Å². The highest BCUT2D eigenvalue weighted by atomic mass is 19.4. The summed E-state index contributed by atoms with van der Waals surface area (Å²) in [4.78, 5) is 18.2. The van der Waals surface area contributed by atoms with Gasteiger partial charge in [-0.05, 0) is 38.8 Å². The van der Waals surface area contributed by atoms with E-state index in [1.807, 2.05) is 6.92 Å². The van der Waals surface area contributed by atoms with Gasteiger partial charge in [-0.25, -0.2) is 9.37 Å². The molecule has 1 aromatic carbocycles. The summed E-state index contributed by atoms with van der Waals surface area (Å²) in [7, 11) is 1.69. The Morgan fingerprint density at radius 2 is 2.00 bits per heavy atom. The number of aromatic nitrogens is 3. The Balaban J connectivity index is 1.69. The zero-order chi connectivity index (χ0) is 25.7. The second-order valence-electron chi connectivity index (χ2n) is 8.81. The number of phenolic OH excluding ortho intramolecular Hbond substituents is 1. The van der Waals surface area contributed by atoms with Gasteiger partial charge in [-0.3, -0.25) is 4.79 Å². The van der Waals surface area contributed by atoms with Gasteiger partial charge >= 0.3 is 6.18 Å². The third-order valence-corrected chi connectivity index (χ3v) is 6.51. The van der Waals surface area contributed by atoms with Crippen LogP contribution in [0.25, 0.3) is 22.4 Å². The van der Waals surface area contributed by atoms with Gasteiger partial charge in [-0.1, -0.05) is 6.92 Å². The Bertz CT molecular complexity index is 1300. The van der Waals surface area contributed by atoms with E-state index < -0.39 is 40.9 Å². The summed E-state index contributed by atoms with van der Waals surface area (Å²) >= 11 is 0. The molecule has 1 fully saturated rings. The van der Waals surface area contributed by atoms with Gasteiger partial charge in [0.1, 0.15) is 17.5 Å². The second kappa shape index (κ2) is 9.06. The number of phenols is 1. The molecule has 2 unspecified atom stereocenters. The summed E-state index contributed by atoms with van der Waals surface area (Å²) in [6.07, 6.45) is -3.26. The molecule has 4 rings (SSSR count). The van der Waals surface area contributed by atoms with Gasteiger partial charge in [-0.2, -0.15) is 13.2 Å². The summed E-state index contributed by atoms with van der Waals surface area (Å²) in [5.41, 5.74) is -1.95. The van der Waals surface area contributed by atoms with Gasteiger partial charge in [0.25, 0.3) is 0 Å². The van der Waals surface area contributed by atoms with Crippen LogP contribution in [0.5, 0.6) is 5.75 Å². The Hall–Kier alpha value is -3.28. The highest BCUT2D eigenvalue weighted by Gasteiger charge is 2.39. The summed E-state index contributed by atoms with van der Waals surface area (Å²) < 4.78 is 59.7. The molecule has 3 aromatic rings. The molecule has 1 aliphatic heterocycles. The number of alkyl halides is 4. The van der Waals surface area contributed by atoms with E-state index in [-0.39, 0.29) is 34.4 Å². The van der Waals surface area contributed by atoms with Gasteiger partial charge in [0, 0.05) is 24.7 Å². The van der Waals surface area contributed by atoms with Crippen molar-refractivity contribution in [1.29, 1.82) is 0 Å². The van der Waals surface area contributed by atoms with E-state index in [1.165, 1.54) is 6.20 Å². The van der Waals surface area contributed by atoms with Crippen LogP contribution in [0, 0.1) is 6.92 Å². The smallest absolute Gasteiger partial charge is 0.449 e. The van der Waals surface area contributed by atoms with Crippen LogP contribution in [-0.4, -0.2) is 51.6 Å². The van der Waals surface area contributed by atoms with Crippen LogP contribution in [0.1, 0.15) is 38.0 Å². The number of fused-ring (bicyclic) bond motifs is 1. The first kappa shape index (κ1) is 24.8. The Morgan fingerprint density at radius 1 is 1.29 bits per heavy atom. The Labute approximate surface area is 198 Å². The number of hydrogen-bond acceptors (Lipinski definition) is 8. The van der Waals surface area contributed by atoms with Crippen LogP contribution in [0.15, 0.2) is 27.5 Å². The fraction of sp³-hybridized carbons (Fsp3) is 0.478. The molecular formula is C23H25F4N5O3. The van der Waals surface area contributed by atoms with Gasteiger partial charge in [-0.15, -0.1) is 10.2 Å². The van der Waals surface area contributed by atoms with Crippen LogP contribution in [0.3, 0.4) is 0 Å². The number of rotatable bonds is 4. The van der Waals surface area contributed by atoms with Crippen LogP contribution in [-0.2, 0) is 6.18 Å². The molecule has 12 heteroatoms. The van der Waals surface area contributed by atoms with Crippen LogP contribution in [0.2, 0.25) is 0 Å². The molecule has 2 aromatic heterocycles. The number of nitrogens with one attached hydrogen (secondary N) is 1. The molecule has 4 atom stereocenters. The van der Waals surface area contributed by atoms with E-state index in [4.69, 9.17) is 4.42 Å². The van der Waals surface area contributed by atoms with Crippen molar-refractivity contribution in [2.24, 2.45) is 0 Å². The highest BCUT2D eigenvalue weighted by Crippen LogP contribution is 2.36. The molecule has 8 nitrogen and oxygen atoms in total. The topological polar surface area (TPSA) is 104 Å². The average molecular weight is 495 g/mol. The molecular weight excluding hydrogens is 470 g/mol. The van der Waals surface area contributed by atoms with Gasteiger partial charge in [0.15, 0.2) is 17.1 Å². The molecule has 0 radical (unpaired) electrons. The minimum absolute atomic E-state index is 0.0655. The molecule has 0 aliphatic carbocycles. The first-order chi connectivity index (χ1) is 16.4. The molecule has 0 spiro atoms.